The van der Waals surface area contributed by atoms with Gasteiger partial charge in [0, 0.05) is 12.8 Å². The highest BCUT2D eigenvalue weighted by atomic mass is 16.5. The van der Waals surface area contributed by atoms with Crippen LogP contribution in [0.3, 0.4) is 0 Å². The monoisotopic (exact) mass is 234 g/mol. The van der Waals surface area contributed by atoms with Crippen molar-refractivity contribution in [3.8, 4) is 5.75 Å². The van der Waals surface area contributed by atoms with Gasteiger partial charge >= 0.3 is 0 Å². The first-order chi connectivity index (χ1) is 8.22. The normalized spacial score (nSPS) is 10.2. The van der Waals surface area contributed by atoms with Gasteiger partial charge in [-0.1, -0.05) is 31.9 Å². The molecule has 0 unspecified atom stereocenters. The highest BCUT2D eigenvalue weighted by molar-refractivity contribution is 5.78. The first-order valence-electron chi connectivity index (χ1n) is 6.43. The molecular weight excluding hydrogens is 212 g/mol. The molecule has 0 N–H and O–H groups in total. The van der Waals surface area contributed by atoms with Gasteiger partial charge in [0.1, 0.15) is 11.5 Å². The van der Waals surface area contributed by atoms with Gasteiger partial charge in [-0.15, -0.1) is 0 Å². The second-order valence-corrected chi connectivity index (χ2v) is 4.41. The molecule has 0 bridgehead atoms. The maximum Gasteiger partial charge on any atom is 0.136 e. The number of hydrogen-bond acceptors (Lipinski definition) is 2. The number of hydrogen-bond donors (Lipinski definition) is 0. The molecule has 94 valence electrons. The van der Waals surface area contributed by atoms with Crippen LogP contribution in [0, 0.1) is 6.92 Å². The summed E-state index contributed by atoms with van der Waals surface area (Å²) in [5, 5.41) is 0. The molecule has 0 amide bonds. The van der Waals surface area contributed by atoms with Gasteiger partial charge in [-0.25, -0.2) is 0 Å². The van der Waals surface area contributed by atoms with Gasteiger partial charge in [-0.05, 0) is 31.0 Å². The summed E-state index contributed by atoms with van der Waals surface area (Å²) in [6, 6.07) is 7.91. The Balaban J connectivity index is 2.17. The van der Waals surface area contributed by atoms with Gasteiger partial charge in [-0.2, -0.15) is 0 Å². The minimum Gasteiger partial charge on any atom is -0.493 e. The summed E-state index contributed by atoms with van der Waals surface area (Å²) in [7, 11) is 0. The summed E-state index contributed by atoms with van der Waals surface area (Å²) in [5.74, 6) is 1.16. The van der Waals surface area contributed by atoms with Crippen LogP contribution in [-0.2, 0) is 4.79 Å². The van der Waals surface area contributed by atoms with E-state index in [0.29, 0.717) is 25.2 Å². The Kier molecular flexibility index (Phi) is 6.38. The molecule has 2 heteroatoms. The van der Waals surface area contributed by atoms with Crippen molar-refractivity contribution in [1.82, 2.24) is 0 Å². The molecule has 0 aromatic heterocycles. The van der Waals surface area contributed by atoms with Crippen molar-refractivity contribution in [1.29, 1.82) is 0 Å². The van der Waals surface area contributed by atoms with E-state index in [2.05, 4.69) is 6.92 Å². The summed E-state index contributed by atoms with van der Waals surface area (Å²) < 4.78 is 5.54. The topological polar surface area (TPSA) is 26.3 Å². The zero-order chi connectivity index (χ0) is 12.5. The van der Waals surface area contributed by atoms with Crippen molar-refractivity contribution in [2.75, 3.05) is 6.61 Å². The molecule has 0 fully saturated rings. The van der Waals surface area contributed by atoms with Crippen LogP contribution in [-0.4, -0.2) is 12.4 Å². The Bertz CT molecular complexity index is 345. The Labute approximate surface area is 104 Å². The van der Waals surface area contributed by atoms with Crippen LogP contribution in [0.2, 0.25) is 0 Å². The average molecular weight is 234 g/mol. The van der Waals surface area contributed by atoms with Crippen LogP contribution >= 0.6 is 0 Å². The number of carbonyl (C=O) groups excluding carboxylic acids is 1. The molecule has 2 nitrogen and oxygen atoms in total. The zero-order valence-electron chi connectivity index (χ0n) is 10.9. The standard InChI is InChI=1S/C15H22O2/c1-3-4-5-8-14(16)10-11-17-15-9-6-7-13(2)12-15/h6-7,9,12H,3-5,8,10-11H2,1-2H3. The molecule has 0 radical (unpaired) electrons. The predicted molar refractivity (Wildman–Crippen MR) is 70.4 cm³/mol. The summed E-state index contributed by atoms with van der Waals surface area (Å²) in [6.45, 7) is 4.67. The number of ether oxygens (including phenoxy) is 1. The fourth-order valence-electron chi connectivity index (χ4n) is 1.69. The smallest absolute Gasteiger partial charge is 0.136 e. The van der Waals surface area contributed by atoms with Crippen LogP contribution in [0.1, 0.15) is 44.6 Å². The van der Waals surface area contributed by atoms with Gasteiger partial charge in [0.15, 0.2) is 0 Å². The van der Waals surface area contributed by atoms with E-state index in [1.165, 1.54) is 5.56 Å². The number of Topliss-reactive ketones (excluding diaryl/α,β-unsaturated/α-hetero) is 1. The van der Waals surface area contributed by atoms with Crippen molar-refractivity contribution < 1.29 is 9.53 Å². The lowest BCUT2D eigenvalue weighted by molar-refractivity contribution is -0.119. The number of carbonyl (C=O) groups is 1. The first kappa shape index (κ1) is 13.8. The van der Waals surface area contributed by atoms with Crippen molar-refractivity contribution >= 4 is 5.78 Å². The minimum absolute atomic E-state index is 0.311. The lowest BCUT2D eigenvalue weighted by Crippen LogP contribution is -2.06. The number of benzene rings is 1. The van der Waals surface area contributed by atoms with E-state index in [-0.39, 0.29) is 0 Å². The number of unbranched alkanes of at least 4 members (excludes halogenated alkanes) is 2. The largest absolute Gasteiger partial charge is 0.493 e. The van der Waals surface area contributed by atoms with Crippen molar-refractivity contribution in [2.45, 2.75) is 46.0 Å². The molecule has 0 saturated heterocycles. The maximum absolute atomic E-state index is 11.5. The molecule has 1 rings (SSSR count). The van der Waals surface area contributed by atoms with Gasteiger partial charge in [0.25, 0.3) is 0 Å². The quantitative estimate of drug-likeness (QED) is 0.637. The maximum atomic E-state index is 11.5. The SMILES string of the molecule is CCCCCC(=O)CCOc1cccc(C)c1. The van der Waals surface area contributed by atoms with Crippen molar-refractivity contribution in [3.05, 3.63) is 29.8 Å². The third kappa shape index (κ3) is 6.10. The molecular formula is C15H22O2. The zero-order valence-corrected chi connectivity index (χ0v) is 10.9. The fraction of sp³-hybridized carbons (Fsp3) is 0.533. The average Bonchev–Trinajstić information content (AvgIpc) is 2.29. The minimum atomic E-state index is 0.311. The predicted octanol–water partition coefficient (Wildman–Crippen LogP) is 3.91. The Morgan fingerprint density at radius 2 is 2.06 bits per heavy atom. The summed E-state index contributed by atoms with van der Waals surface area (Å²) in [4.78, 5) is 11.5. The number of aryl methyl sites for hydroxylation is 1. The third-order valence-corrected chi connectivity index (χ3v) is 2.70. The van der Waals surface area contributed by atoms with E-state index in [1.54, 1.807) is 0 Å². The van der Waals surface area contributed by atoms with E-state index in [0.717, 1.165) is 25.0 Å². The molecule has 17 heavy (non-hydrogen) atoms. The van der Waals surface area contributed by atoms with Crippen LogP contribution in [0.4, 0.5) is 0 Å². The van der Waals surface area contributed by atoms with Gasteiger partial charge in [0.05, 0.1) is 6.61 Å². The van der Waals surface area contributed by atoms with E-state index in [1.807, 2.05) is 31.2 Å². The highest BCUT2D eigenvalue weighted by Gasteiger charge is 2.02. The highest BCUT2D eigenvalue weighted by Crippen LogP contribution is 2.12. The van der Waals surface area contributed by atoms with Crippen molar-refractivity contribution in [3.63, 3.8) is 0 Å². The summed E-state index contributed by atoms with van der Waals surface area (Å²) in [5.41, 5.74) is 1.18. The van der Waals surface area contributed by atoms with E-state index >= 15 is 0 Å². The number of rotatable bonds is 8. The lowest BCUT2D eigenvalue weighted by Gasteiger charge is -2.06. The van der Waals surface area contributed by atoms with Gasteiger partial charge in [-0.3, -0.25) is 4.79 Å². The molecule has 0 saturated carbocycles. The second-order valence-electron chi connectivity index (χ2n) is 4.41. The Hall–Kier alpha value is -1.31. The van der Waals surface area contributed by atoms with Crippen LogP contribution in [0.15, 0.2) is 24.3 Å². The molecule has 0 aliphatic heterocycles. The number of ketones is 1. The molecule has 0 aliphatic carbocycles. The van der Waals surface area contributed by atoms with E-state index < -0.39 is 0 Å². The van der Waals surface area contributed by atoms with Crippen molar-refractivity contribution in [2.24, 2.45) is 0 Å². The summed E-state index contributed by atoms with van der Waals surface area (Å²) >= 11 is 0. The molecule has 0 aliphatic rings. The van der Waals surface area contributed by atoms with Crippen LogP contribution in [0.25, 0.3) is 0 Å². The fourth-order valence-corrected chi connectivity index (χ4v) is 1.69. The van der Waals surface area contributed by atoms with Gasteiger partial charge < -0.3 is 4.74 Å². The molecule has 1 aromatic rings. The van der Waals surface area contributed by atoms with Crippen LogP contribution in [0.5, 0.6) is 5.75 Å². The Morgan fingerprint density at radius 1 is 1.24 bits per heavy atom. The first-order valence-corrected chi connectivity index (χ1v) is 6.43. The van der Waals surface area contributed by atoms with Gasteiger partial charge in [0.2, 0.25) is 0 Å². The third-order valence-electron chi connectivity index (χ3n) is 2.70. The van der Waals surface area contributed by atoms with E-state index in [4.69, 9.17) is 4.74 Å². The molecule has 1 aromatic carbocycles. The Morgan fingerprint density at radius 3 is 2.76 bits per heavy atom. The van der Waals surface area contributed by atoms with E-state index in [9.17, 15) is 4.79 Å². The second kappa shape index (κ2) is 7.88. The molecule has 0 heterocycles. The molecule has 0 atom stereocenters. The van der Waals surface area contributed by atoms with Crippen LogP contribution < -0.4 is 4.74 Å². The molecule has 0 spiro atoms. The lowest BCUT2D eigenvalue weighted by atomic mass is 10.1. The summed E-state index contributed by atoms with van der Waals surface area (Å²) in [6.07, 6.45) is 4.54.